The van der Waals surface area contributed by atoms with Gasteiger partial charge in [-0.05, 0) is 55.0 Å². The highest BCUT2D eigenvalue weighted by Gasteiger charge is 2.26. The number of carbonyl (C=O) groups is 3. The van der Waals surface area contributed by atoms with E-state index in [1.165, 1.54) is 12.8 Å². The minimum absolute atomic E-state index is 0.168. The number of ketones is 1. The van der Waals surface area contributed by atoms with Gasteiger partial charge in [0.2, 0.25) is 5.91 Å². The van der Waals surface area contributed by atoms with Crippen LogP contribution >= 0.6 is 0 Å². The maximum absolute atomic E-state index is 13.0. The number of carbonyl (C=O) groups excluding carboxylic acids is 2. The van der Waals surface area contributed by atoms with Gasteiger partial charge < -0.3 is 20.1 Å². The smallest absolute Gasteiger partial charge is 0.326 e. The maximum atomic E-state index is 13.0. The molecule has 0 heterocycles. The van der Waals surface area contributed by atoms with Gasteiger partial charge in [-0.1, -0.05) is 61.5 Å². The van der Waals surface area contributed by atoms with E-state index >= 15 is 0 Å². The number of carboxylic acid groups (broad SMARTS) is 1. The molecule has 7 nitrogen and oxygen atoms in total. The third-order valence-corrected chi connectivity index (χ3v) is 6.87. The molecule has 0 aromatic heterocycles. The standard InChI is InChI=1S/C32H36N2O5/c1-2-30(35)34(22-24-13-14-24)19-8-20-39-26-17-15-23(16-18-26)21-29(32(37)38)33-28-12-7-6-11-27(28)31(36)25-9-4-3-5-10-25/h3-7,9-12,15-18,24,29,33H,2,8,13-14,19-22H2,1H3,(H,37,38)/t29-/m0/s1. The molecule has 4 rings (SSSR count). The molecule has 0 spiro atoms. The van der Waals surface area contributed by atoms with Crippen LogP contribution in [0.2, 0.25) is 0 Å². The van der Waals surface area contributed by atoms with E-state index in [0.29, 0.717) is 48.1 Å². The Morgan fingerprint density at radius 2 is 1.67 bits per heavy atom. The van der Waals surface area contributed by atoms with E-state index in [1.54, 1.807) is 48.5 Å². The summed E-state index contributed by atoms with van der Waals surface area (Å²) in [5.74, 6) is 0.387. The molecule has 0 unspecified atom stereocenters. The maximum Gasteiger partial charge on any atom is 0.326 e. The Morgan fingerprint density at radius 1 is 0.974 bits per heavy atom. The highest BCUT2D eigenvalue weighted by molar-refractivity contribution is 6.12. The number of nitrogens with one attached hydrogen (secondary N) is 1. The predicted octanol–water partition coefficient (Wildman–Crippen LogP) is 5.44. The Bertz CT molecular complexity index is 1260. The van der Waals surface area contributed by atoms with Crippen molar-refractivity contribution < 1.29 is 24.2 Å². The molecule has 2 N–H and O–H groups in total. The molecule has 7 heteroatoms. The second-order valence-electron chi connectivity index (χ2n) is 9.96. The van der Waals surface area contributed by atoms with Crippen molar-refractivity contribution in [2.24, 2.45) is 5.92 Å². The van der Waals surface area contributed by atoms with Crippen molar-refractivity contribution in [2.45, 2.75) is 45.1 Å². The third-order valence-electron chi connectivity index (χ3n) is 6.87. The molecule has 0 radical (unpaired) electrons. The third kappa shape index (κ3) is 8.18. The van der Waals surface area contributed by atoms with Gasteiger partial charge in [0.05, 0.1) is 6.61 Å². The number of aliphatic carboxylic acids is 1. The molecular formula is C32H36N2O5. The lowest BCUT2D eigenvalue weighted by Gasteiger charge is -2.22. The Morgan fingerprint density at radius 3 is 2.33 bits per heavy atom. The van der Waals surface area contributed by atoms with Crippen molar-refractivity contribution in [3.8, 4) is 5.75 Å². The molecule has 204 valence electrons. The summed E-state index contributed by atoms with van der Waals surface area (Å²) in [6.45, 7) is 3.95. The van der Waals surface area contributed by atoms with Crippen LogP contribution in [0.1, 0.15) is 54.1 Å². The average molecular weight is 529 g/mol. The van der Waals surface area contributed by atoms with Crippen LogP contribution in [0.5, 0.6) is 5.75 Å². The topological polar surface area (TPSA) is 95.9 Å². The molecule has 39 heavy (non-hydrogen) atoms. The first kappa shape index (κ1) is 27.9. The number of amides is 1. The lowest BCUT2D eigenvalue weighted by Crippen LogP contribution is -2.33. The van der Waals surface area contributed by atoms with Gasteiger partial charge in [-0.2, -0.15) is 0 Å². The number of hydrogen-bond acceptors (Lipinski definition) is 5. The summed E-state index contributed by atoms with van der Waals surface area (Å²) in [4.78, 5) is 39.3. The fourth-order valence-corrected chi connectivity index (χ4v) is 4.50. The average Bonchev–Trinajstić information content (AvgIpc) is 3.79. The van der Waals surface area contributed by atoms with Crippen LogP contribution in [-0.2, 0) is 16.0 Å². The first-order valence-electron chi connectivity index (χ1n) is 13.6. The molecule has 3 aromatic rings. The monoisotopic (exact) mass is 528 g/mol. The summed E-state index contributed by atoms with van der Waals surface area (Å²) in [6.07, 6.45) is 3.95. The van der Waals surface area contributed by atoms with E-state index < -0.39 is 12.0 Å². The van der Waals surface area contributed by atoms with Gasteiger partial charge in [-0.25, -0.2) is 4.79 Å². The van der Waals surface area contributed by atoms with E-state index in [-0.39, 0.29) is 18.1 Å². The lowest BCUT2D eigenvalue weighted by molar-refractivity contribution is -0.138. The van der Waals surface area contributed by atoms with Crippen molar-refractivity contribution in [1.29, 1.82) is 0 Å². The van der Waals surface area contributed by atoms with Gasteiger partial charge in [0.25, 0.3) is 0 Å². The largest absolute Gasteiger partial charge is 0.494 e. The molecule has 1 fully saturated rings. The van der Waals surface area contributed by atoms with Crippen LogP contribution in [-0.4, -0.2) is 53.4 Å². The van der Waals surface area contributed by atoms with Crippen molar-refractivity contribution >= 4 is 23.3 Å². The highest BCUT2D eigenvalue weighted by atomic mass is 16.5. The fraction of sp³-hybridized carbons (Fsp3) is 0.344. The van der Waals surface area contributed by atoms with Crippen molar-refractivity contribution in [3.05, 3.63) is 95.6 Å². The number of carboxylic acids is 1. The van der Waals surface area contributed by atoms with Gasteiger partial charge in [-0.3, -0.25) is 9.59 Å². The summed E-state index contributed by atoms with van der Waals surface area (Å²) in [7, 11) is 0. The van der Waals surface area contributed by atoms with Crippen LogP contribution in [0.25, 0.3) is 0 Å². The van der Waals surface area contributed by atoms with Crippen molar-refractivity contribution in [2.75, 3.05) is 25.0 Å². The predicted molar refractivity (Wildman–Crippen MR) is 151 cm³/mol. The van der Waals surface area contributed by atoms with E-state index in [9.17, 15) is 19.5 Å². The van der Waals surface area contributed by atoms with Crippen molar-refractivity contribution in [1.82, 2.24) is 4.90 Å². The SMILES string of the molecule is CCC(=O)N(CCCOc1ccc(C[C@H](Nc2ccccc2C(=O)c2ccccc2)C(=O)O)cc1)CC1CC1. The van der Waals surface area contributed by atoms with Crippen molar-refractivity contribution in [3.63, 3.8) is 0 Å². The second kappa shape index (κ2) is 13.6. The zero-order valence-electron chi connectivity index (χ0n) is 22.3. The number of rotatable bonds is 15. The van der Waals surface area contributed by atoms with Gasteiger partial charge in [0.15, 0.2) is 5.78 Å². The van der Waals surface area contributed by atoms with E-state index in [1.807, 2.05) is 42.2 Å². The molecule has 0 aliphatic heterocycles. The summed E-state index contributed by atoms with van der Waals surface area (Å²) >= 11 is 0. The quantitative estimate of drug-likeness (QED) is 0.201. The summed E-state index contributed by atoms with van der Waals surface area (Å²) in [6, 6.07) is 22.4. The molecule has 1 saturated carbocycles. The van der Waals surface area contributed by atoms with Gasteiger partial charge >= 0.3 is 5.97 Å². The second-order valence-corrected chi connectivity index (χ2v) is 9.96. The normalized spacial score (nSPS) is 13.4. The summed E-state index contributed by atoms with van der Waals surface area (Å²) in [5, 5.41) is 13.0. The van der Waals surface area contributed by atoms with Gasteiger partial charge in [0, 0.05) is 42.7 Å². The van der Waals surface area contributed by atoms with Gasteiger partial charge in [-0.15, -0.1) is 0 Å². The molecule has 1 aliphatic rings. The molecule has 0 saturated heterocycles. The minimum atomic E-state index is -1.00. The number of ether oxygens (including phenoxy) is 1. The Kier molecular flexibility index (Phi) is 9.73. The molecular weight excluding hydrogens is 492 g/mol. The number of benzene rings is 3. The van der Waals surface area contributed by atoms with E-state index in [4.69, 9.17) is 4.74 Å². The molecule has 1 amide bonds. The van der Waals surface area contributed by atoms with Crippen LogP contribution in [0.4, 0.5) is 5.69 Å². The number of para-hydroxylation sites is 1. The van der Waals surface area contributed by atoms with Crippen LogP contribution in [0.15, 0.2) is 78.9 Å². The zero-order chi connectivity index (χ0) is 27.6. The van der Waals surface area contributed by atoms with Crippen LogP contribution in [0, 0.1) is 5.92 Å². The Balaban J connectivity index is 1.32. The van der Waals surface area contributed by atoms with E-state index in [0.717, 1.165) is 18.5 Å². The zero-order valence-corrected chi connectivity index (χ0v) is 22.3. The van der Waals surface area contributed by atoms with Crippen LogP contribution in [0.3, 0.4) is 0 Å². The Hall–Kier alpha value is -4.13. The van der Waals surface area contributed by atoms with Crippen LogP contribution < -0.4 is 10.1 Å². The molecule has 1 aliphatic carbocycles. The first-order valence-corrected chi connectivity index (χ1v) is 13.6. The first-order chi connectivity index (χ1) is 18.9. The fourth-order valence-electron chi connectivity index (χ4n) is 4.50. The molecule has 0 bridgehead atoms. The molecule has 1 atom stereocenters. The minimum Gasteiger partial charge on any atom is -0.494 e. The summed E-state index contributed by atoms with van der Waals surface area (Å²) in [5.41, 5.74) is 2.28. The lowest BCUT2D eigenvalue weighted by atomic mass is 10.00. The number of nitrogens with zero attached hydrogens (tertiary/aromatic N) is 1. The van der Waals surface area contributed by atoms with E-state index in [2.05, 4.69) is 5.32 Å². The Labute approximate surface area is 229 Å². The summed E-state index contributed by atoms with van der Waals surface area (Å²) < 4.78 is 5.87. The molecule has 3 aromatic carbocycles. The highest BCUT2D eigenvalue weighted by Crippen LogP contribution is 2.30. The van der Waals surface area contributed by atoms with Gasteiger partial charge in [0.1, 0.15) is 11.8 Å². The number of hydrogen-bond donors (Lipinski definition) is 2. The number of anilines is 1.